The molecular weight excluding hydrogens is 146 g/mol. The molecule has 3 N–H and O–H groups in total. The van der Waals surface area contributed by atoms with Gasteiger partial charge in [-0.1, -0.05) is 23.4 Å². The summed E-state index contributed by atoms with van der Waals surface area (Å²) in [7, 11) is 0. The minimum absolute atomic E-state index is 0.360. The van der Waals surface area contributed by atoms with Crippen LogP contribution in [0.15, 0.2) is 11.1 Å². The first-order valence-electron chi connectivity index (χ1n) is 2.14. The van der Waals surface area contributed by atoms with Crippen molar-refractivity contribution in [2.45, 2.75) is 10.8 Å². The van der Waals surface area contributed by atoms with Gasteiger partial charge >= 0.3 is 0 Å². The van der Waals surface area contributed by atoms with Crippen LogP contribution >= 0.6 is 23.4 Å². The first kappa shape index (κ1) is 6.26. The highest BCUT2D eigenvalue weighted by Gasteiger charge is 2.28. The van der Waals surface area contributed by atoms with E-state index in [2.05, 4.69) is 0 Å². The van der Waals surface area contributed by atoms with E-state index in [4.69, 9.17) is 22.4 Å². The van der Waals surface area contributed by atoms with Gasteiger partial charge in [-0.05, 0) is 5.41 Å². The Bertz CT molecular complexity index is 134. The smallest absolute Gasteiger partial charge is 0.195 e. The van der Waals surface area contributed by atoms with E-state index in [1.165, 1.54) is 0 Å². The third-order valence-electron chi connectivity index (χ3n) is 0.813. The third kappa shape index (κ3) is 1.31. The van der Waals surface area contributed by atoms with Gasteiger partial charge in [-0.15, -0.1) is 0 Å². The molecule has 0 amide bonds. The van der Waals surface area contributed by atoms with E-state index in [1.807, 2.05) is 0 Å². The summed E-state index contributed by atoms with van der Waals surface area (Å²) < 4.78 is -1.16. The van der Waals surface area contributed by atoms with E-state index in [0.29, 0.717) is 12.1 Å². The number of halogens is 1. The molecule has 0 fully saturated rings. The van der Waals surface area contributed by atoms with Crippen molar-refractivity contribution >= 4 is 23.4 Å². The molecule has 0 saturated carbocycles. The van der Waals surface area contributed by atoms with Crippen LogP contribution in [0.2, 0.25) is 0 Å². The molecule has 0 aromatic rings. The van der Waals surface area contributed by atoms with Gasteiger partial charge in [-0.25, -0.2) is 0 Å². The largest absolute Gasteiger partial charge is 0.401 e. The van der Waals surface area contributed by atoms with Crippen LogP contribution in [-0.4, -0.2) is 9.50 Å². The molecule has 4 heteroatoms. The maximum absolute atomic E-state index is 8.96. The molecule has 0 radical (unpaired) electrons. The van der Waals surface area contributed by atoms with E-state index in [-0.39, 0.29) is 0 Å². The Morgan fingerprint density at radius 3 is 2.75 bits per heavy atom. The highest BCUT2D eigenvalue weighted by Crippen LogP contribution is 2.39. The van der Waals surface area contributed by atoms with Crippen molar-refractivity contribution in [2.24, 2.45) is 5.73 Å². The lowest BCUT2D eigenvalue weighted by molar-refractivity contribution is 0.226. The van der Waals surface area contributed by atoms with E-state index in [1.54, 1.807) is 5.41 Å². The Labute approximate surface area is 56.7 Å². The van der Waals surface area contributed by atoms with Crippen LogP contribution in [0.1, 0.15) is 6.42 Å². The lowest BCUT2D eigenvalue weighted by Crippen LogP contribution is -2.12. The molecule has 2 nitrogen and oxygen atoms in total. The van der Waals surface area contributed by atoms with E-state index in [0.717, 1.165) is 11.8 Å². The Balaban J connectivity index is 2.55. The Kier molecular flexibility index (Phi) is 1.43. The standard InChI is InChI=1S/C4H6ClNOS/c5-4(7)1-3(6)2-8-4/h2,7H,1,6H2. The van der Waals surface area contributed by atoms with E-state index in [9.17, 15) is 0 Å². The maximum Gasteiger partial charge on any atom is 0.195 e. The molecule has 0 bridgehead atoms. The van der Waals surface area contributed by atoms with Crippen molar-refractivity contribution in [3.8, 4) is 0 Å². The van der Waals surface area contributed by atoms with Crippen molar-refractivity contribution in [1.29, 1.82) is 0 Å². The number of hydrogen-bond donors (Lipinski definition) is 2. The highest BCUT2D eigenvalue weighted by molar-refractivity contribution is 8.04. The second-order valence-corrected chi connectivity index (χ2v) is 3.67. The zero-order chi connectivity index (χ0) is 6.20. The molecule has 1 aliphatic rings. The lowest BCUT2D eigenvalue weighted by atomic mass is 10.4. The van der Waals surface area contributed by atoms with Gasteiger partial charge in [-0.3, -0.25) is 0 Å². The number of thioether (sulfide) groups is 1. The lowest BCUT2D eigenvalue weighted by Gasteiger charge is -2.09. The quantitative estimate of drug-likeness (QED) is 0.504. The van der Waals surface area contributed by atoms with Crippen LogP contribution in [0.3, 0.4) is 0 Å². The Morgan fingerprint density at radius 2 is 2.62 bits per heavy atom. The summed E-state index contributed by atoms with van der Waals surface area (Å²) >= 11 is 6.59. The van der Waals surface area contributed by atoms with E-state index >= 15 is 0 Å². The van der Waals surface area contributed by atoms with Crippen LogP contribution in [0.5, 0.6) is 0 Å². The zero-order valence-electron chi connectivity index (χ0n) is 4.10. The van der Waals surface area contributed by atoms with Gasteiger partial charge in [0.15, 0.2) is 4.39 Å². The number of alkyl halides is 1. The summed E-state index contributed by atoms with van der Waals surface area (Å²) in [4.78, 5) is 0. The van der Waals surface area contributed by atoms with Gasteiger partial charge in [0.05, 0.1) is 0 Å². The van der Waals surface area contributed by atoms with Crippen LogP contribution in [-0.2, 0) is 0 Å². The summed E-state index contributed by atoms with van der Waals surface area (Å²) in [5.41, 5.74) is 5.95. The fraction of sp³-hybridized carbons (Fsp3) is 0.500. The van der Waals surface area contributed by atoms with Crippen molar-refractivity contribution in [2.75, 3.05) is 0 Å². The fourth-order valence-electron chi connectivity index (χ4n) is 0.501. The van der Waals surface area contributed by atoms with Crippen LogP contribution in [0, 0.1) is 0 Å². The van der Waals surface area contributed by atoms with Crippen molar-refractivity contribution in [3.63, 3.8) is 0 Å². The molecular formula is C4H6ClNOS. The SMILES string of the molecule is NC1=CSC(O)(Cl)C1. The molecule has 1 heterocycles. The monoisotopic (exact) mass is 151 g/mol. The van der Waals surface area contributed by atoms with Gasteiger partial charge in [-0.2, -0.15) is 0 Å². The number of hydrogen-bond acceptors (Lipinski definition) is 3. The van der Waals surface area contributed by atoms with Crippen LogP contribution in [0.4, 0.5) is 0 Å². The van der Waals surface area contributed by atoms with Crippen molar-refractivity contribution in [1.82, 2.24) is 0 Å². The van der Waals surface area contributed by atoms with Crippen molar-refractivity contribution < 1.29 is 5.11 Å². The Hall–Kier alpha value is 0.140. The summed E-state index contributed by atoms with van der Waals surface area (Å²) in [6.45, 7) is 0. The van der Waals surface area contributed by atoms with Gasteiger partial charge in [0.2, 0.25) is 0 Å². The normalized spacial score (nSPS) is 37.5. The number of nitrogens with two attached hydrogens (primary N) is 1. The molecule has 1 unspecified atom stereocenters. The molecule has 8 heavy (non-hydrogen) atoms. The molecule has 0 aromatic heterocycles. The molecule has 1 aliphatic heterocycles. The van der Waals surface area contributed by atoms with Gasteiger partial charge in [0.25, 0.3) is 0 Å². The fourth-order valence-corrected chi connectivity index (χ4v) is 1.45. The predicted octanol–water partition coefficient (Wildman–Crippen LogP) is 0.808. The Morgan fingerprint density at radius 1 is 2.00 bits per heavy atom. The van der Waals surface area contributed by atoms with E-state index < -0.39 is 4.39 Å². The first-order chi connectivity index (χ1) is 3.60. The second kappa shape index (κ2) is 1.83. The minimum atomic E-state index is -1.16. The van der Waals surface area contributed by atoms with Crippen LogP contribution < -0.4 is 5.73 Å². The molecule has 0 spiro atoms. The highest BCUT2D eigenvalue weighted by atomic mass is 35.5. The summed E-state index contributed by atoms with van der Waals surface area (Å²) in [5, 5.41) is 10.6. The second-order valence-electron chi connectivity index (χ2n) is 1.68. The summed E-state index contributed by atoms with van der Waals surface area (Å²) in [6.07, 6.45) is 0.360. The maximum atomic E-state index is 8.96. The number of rotatable bonds is 0. The van der Waals surface area contributed by atoms with Gasteiger partial charge in [0, 0.05) is 12.1 Å². The predicted molar refractivity (Wildman–Crippen MR) is 35.3 cm³/mol. The molecule has 1 rings (SSSR count). The number of aliphatic hydroxyl groups is 1. The third-order valence-corrected chi connectivity index (χ3v) is 2.14. The average Bonchev–Trinajstić information content (AvgIpc) is 1.82. The zero-order valence-corrected chi connectivity index (χ0v) is 5.67. The molecule has 0 saturated heterocycles. The average molecular weight is 152 g/mol. The molecule has 46 valence electrons. The minimum Gasteiger partial charge on any atom is -0.401 e. The van der Waals surface area contributed by atoms with Gasteiger partial charge < -0.3 is 10.8 Å². The molecule has 1 atom stereocenters. The van der Waals surface area contributed by atoms with Crippen LogP contribution in [0.25, 0.3) is 0 Å². The van der Waals surface area contributed by atoms with Crippen molar-refractivity contribution in [3.05, 3.63) is 11.1 Å². The molecule has 0 aromatic carbocycles. The summed E-state index contributed by atoms with van der Waals surface area (Å²) in [5.74, 6) is 0. The molecule has 0 aliphatic carbocycles. The summed E-state index contributed by atoms with van der Waals surface area (Å²) in [6, 6.07) is 0. The van der Waals surface area contributed by atoms with Gasteiger partial charge in [0.1, 0.15) is 0 Å². The topological polar surface area (TPSA) is 46.2 Å². The first-order valence-corrected chi connectivity index (χ1v) is 3.39.